The second-order valence-electron chi connectivity index (χ2n) is 6.70. The van der Waals surface area contributed by atoms with Crippen LogP contribution in [0.4, 0.5) is 0 Å². The molecule has 3 aliphatic rings. The summed E-state index contributed by atoms with van der Waals surface area (Å²) in [4.78, 5) is 2.58. The molecule has 0 radical (unpaired) electrons. The zero-order valence-corrected chi connectivity index (χ0v) is 13.3. The van der Waals surface area contributed by atoms with Gasteiger partial charge in [0, 0.05) is 25.7 Å². The van der Waals surface area contributed by atoms with Gasteiger partial charge in [0.25, 0.3) is 0 Å². The lowest BCUT2D eigenvalue weighted by Gasteiger charge is -2.47. The zero-order chi connectivity index (χ0) is 15.3. The zero-order valence-electron chi connectivity index (χ0n) is 13.3. The van der Waals surface area contributed by atoms with Crippen LogP contribution in [0.3, 0.4) is 0 Å². The smallest absolute Gasteiger partial charge is 0.160 e. The Hall–Kier alpha value is -1.52. The maximum atomic E-state index is 10.0. The minimum Gasteiger partial charge on any atom is -0.504 e. The Morgan fingerprint density at radius 2 is 2.14 bits per heavy atom. The number of benzene rings is 1. The fourth-order valence-electron chi connectivity index (χ4n) is 4.55. The van der Waals surface area contributed by atoms with Crippen molar-refractivity contribution in [1.29, 1.82) is 0 Å². The molecule has 1 aliphatic carbocycles. The van der Waals surface area contributed by atoms with Crippen molar-refractivity contribution in [2.45, 2.75) is 43.9 Å². The van der Waals surface area contributed by atoms with E-state index in [-0.39, 0.29) is 11.3 Å². The molecule has 0 bridgehead atoms. The van der Waals surface area contributed by atoms with Crippen molar-refractivity contribution in [3.63, 3.8) is 0 Å². The molecule has 1 saturated heterocycles. The van der Waals surface area contributed by atoms with Gasteiger partial charge in [-0.25, -0.2) is 0 Å². The molecule has 1 N–H and O–H groups in total. The molecule has 4 heteroatoms. The van der Waals surface area contributed by atoms with Crippen LogP contribution in [-0.4, -0.2) is 42.4 Å². The van der Waals surface area contributed by atoms with E-state index >= 15 is 0 Å². The highest BCUT2D eigenvalue weighted by Crippen LogP contribution is 2.49. The number of phenols is 1. The Labute approximate surface area is 131 Å². The minimum absolute atomic E-state index is 0.119. The highest BCUT2D eigenvalue weighted by molar-refractivity contribution is 5.50. The van der Waals surface area contributed by atoms with Crippen molar-refractivity contribution in [2.75, 3.05) is 20.8 Å². The quantitative estimate of drug-likeness (QED) is 0.853. The molecule has 0 aromatic heterocycles. The first kappa shape index (κ1) is 14.1. The van der Waals surface area contributed by atoms with E-state index in [0.29, 0.717) is 11.9 Å². The first-order valence-corrected chi connectivity index (χ1v) is 8.02. The Kier molecular flexibility index (Phi) is 3.20. The SMILES string of the molecule is COc1cc2c(cc1O)CN1CCC3=CCC(OC)CC31C2. The van der Waals surface area contributed by atoms with Crippen molar-refractivity contribution in [3.8, 4) is 11.5 Å². The molecule has 1 spiro atoms. The molecule has 1 fully saturated rings. The molecule has 2 aliphatic heterocycles. The fourth-order valence-corrected chi connectivity index (χ4v) is 4.55. The fraction of sp³-hybridized carbons (Fsp3) is 0.556. The van der Waals surface area contributed by atoms with Gasteiger partial charge in [0.2, 0.25) is 0 Å². The van der Waals surface area contributed by atoms with E-state index < -0.39 is 0 Å². The first-order chi connectivity index (χ1) is 10.7. The normalized spacial score (nSPS) is 30.3. The van der Waals surface area contributed by atoms with Crippen LogP contribution in [0.2, 0.25) is 0 Å². The molecule has 22 heavy (non-hydrogen) atoms. The van der Waals surface area contributed by atoms with Crippen LogP contribution in [0, 0.1) is 0 Å². The van der Waals surface area contributed by atoms with Crippen LogP contribution >= 0.6 is 0 Å². The second-order valence-corrected chi connectivity index (χ2v) is 6.70. The van der Waals surface area contributed by atoms with Crippen LogP contribution in [0.5, 0.6) is 11.5 Å². The van der Waals surface area contributed by atoms with Gasteiger partial charge in [0.15, 0.2) is 11.5 Å². The van der Waals surface area contributed by atoms with Crippen molar-refractivity contribution in [3.05, 3.63) is 34.9 Å². The summed E-state index contributed by atoms with van der Waals surface area (Å²) in [6.07, 6.45) is 6.97. The predicted octanol–water partition coefficient (Wildman–Crippen LogP) is 2.64. The summed E-state index contributed by atoms with van der Waals surface area (Å²) >= 11 is 0. The molecule has 4 rings (SSSR count). The predicted molar refractivity (Wildman–Crippen MR) is 84.2 cm³/mol. The van der Waals surface area contributed by atoms with Crippen molar-refractivity contribution in [1.82, 2.24) is 4.90 Å². The summed E-state index contributed by atoms with van der Waals surface area (Å²) in [6, 6.07) is 3.89. The van der Waals surface area contributed by atoms with Crippen LogP contribution in [0.1, 0.15) is 30.4 Å². The summed E-state index contributed by atoms with van der Waals surface area (Å²) < 4.78 is 11.0. The average molecular weight is 301 g/mol. The van der Waals surface area contributed by atoms with E-state index in [1.807, 2.05) is 19.2 Å². The van der Waals surface area contributed by atoms with Crippen molar-refractivity contribution < 1.29 is 14.6 Å². The maximum absolute atomic E-state index is 10.0. The van der Waals surface area contributed by atoms with Crippen molar-refractivity contribution >= 4 is 0 Å². The largest absolute Gasteiger partial charge is 0.504 e. The minimum atomic E-state index is 0.119. The monoisotopic (exact) mass is 301 g/mol. The van der Waals surface area contributed by atoms with Gasteiger partial charge in [0.1, 0.15) is 0 Å². The van der Waals surface area contributed by atoms with Crippen LogP contribution in [0.25, 0.3) is 0 Å². The van der Waals surface area contributed by atoms with Gasteiger partial charge in [0.05, 0.1) is 13.2 Å². The molecule has 118 valence electrons. The number of phenolic OH excluding ortho intramolecular Hbond substituents is 1. The molecule has 2 unspecified atom stereocenters. The van der Waals surface area contributed by atoms with Gasteiger partial charge in [-0.15, -0.1) is 0 Å². The molecule has 4 nitrogen and oxygen atoms in total. The summed E-state index contributed by atoms with van der Waals surface area (Å²) in [5.41, 5.74) is 4.23. The Morgan fingerprint density at radius 3 is 2.91 bits per heavy atom. The summed E-state index contributed by atoms with van der Waals surface area (Å²) in [6.45, 7) is 2.01. The van der Waals surface area contributed by atoms with Gasteiger partial charge < -0.3 is 14.6 Å². The van der Waals surface area contributed by atoms with Gasteiger partial charge in [-0.3, -0.25) is 4.90 Å². The number of fused-ring (bicyclic) bond motifs is 1. The third kappa shape index (κ3) is 1.90. The van der Waals surface area contributed by atoms with E-state index in [4.69, 9.17) is 9.47 Å². The Balaban J connectivity index is 1.77. The van der Waals surface area contributed by atoms with Crippen LogP contribution in [-0.2, 0) is 17.7 Å². The second kappa shape index (κ2) is 5.00. The third-order valence-corrected chi connectivity index (χ3v) is 5.73. The lowest BCUT2D eigenvalue weighted by Crippen LogP contribution is -2.52. The number of hydrogen-bond acceptors (Lipinski definition) is 4. The summed E-state index contributed by atoms with van der Waals surface area (Å²) in [7, 11) is 3.43. The van der Waals surface area contributed by atoms with Gasteiger partial charge in [-0.05, 0) is 48.9 Å². The van der Waals surface area contributed by atoms with E-state index in [1.165, 1.54) is 11.1 Å². The summed E-state index contributed by atoms with van der Waals surface area (Å²) in [5.74, 6) is 0.816. The topological polar surface area (TPSA) is 41.9 Å². The van der Waals surface area contributed by atoms with Crippen LogP contribution in [0.15, 0.2) is 23.8 Å². The van der Waals surface area contributed by atoms with Gasteiger partial charge >= 0.3 is 0 Å². The number of methoxy groups -OCH3 is 2. The Morgan fingerprint density at radius 1 is 1.27 bits per heavy atom. The lowest BCUT2D eigenvalue weighted by molar-refractivity contribution is 0.0273. The lowest BCUT2D eigenvalue weighted by atomic mass is 9.72. The molecule has 2 atom stereocenters. The molecule has 0 amide bonds. The van der Waals surface area contributed by atoms with Gasteiger partial charge in [-0.2, -0.15) is 0 Å². The number of hydrogen-bond donors (Lipinski definition) is 1. The Bertz CT molecular complexity index is 639. The number of ether oxygens (including phenoxy) is 2. The maximum Gasteiger partial charge on any atom is 0.160 e. The summed E-state index contributed by atoms with van der Waals surface area (Å²) in [5, 5.41) is 10.0. The average Bonchev–Trinajstić information content (AvgIpc) is 2.89. The number of rotatable bonds is 2. The highest BCUT2D eigenvalue weighted by atomic mass is 16.5. The molecule has 1 aromatic carbocycles. The van der Waals surface area contributed by atoms with Crippen molar-refractivity contribution in [2.24, 2.45) is 0 Å². The van der Waals surface area contributed by atoms with Gasteiger partial charge in [-0.1, -0.05) is 11.6 Å². The first-order valence-electron chi connectivity index (χ1n) is 8.02. The highest BCUT2D eigenvalue weighted by Gasteiger charge is 2.50. The van der Waals surface area contributed by atoms with E-state index in [9.17, 15) is 5.11 Å². The van der Waals surface area contributed by atoms with E-state index in [1.54, 1.807) is 12.7 Å². The number of nitrogens with zero attached hydrogens (tertiary/aromatic N) is 1. The van der Waals surface area contributed by atoms with E-state index in [2.05, 4.69) is 11.0 Å². The van der Waals surface area contributed by atoms with Crippen LogP contribution < -0.4 is 4.74 Å². The molecular formula is C18H23NO3. The number of aromatic hydroxyl groups is 1. The molecule has 1 aromatic rings. The van der Waals surface area contributed by atoms with E-state index in [0.717, 1.165) is 38.8 Å². The molecule has 2 heterocycles. The standard InChI is InChI=1S/C18H23NO3/c1-21-15-4-3-14-5-6-19-11-13-7-16(20)17(22-2)8-12(13)9-18(14,19)10-15/h3,7-8,15,20H,4-6,9-11H2,1-2H3. The molecular weight excluding hydrogens is 278 g/mol. The third-order valence-electron chi connectivity index (χ3n) is 5.73. The molecule has 0 saturated carbocycles.